The first-order valence-corrected chi connectivity index (χ1v) is 12.7. The van der Waals surface area contributed by atoms with E-state index in [1.807, 2.05) is 75.0 Å². The van der Waals surface area contributed by atoms with E-state index >= 15 is 0 Å². The molecule has 0 amide bonds. The molecular weight excluding hydrogens is 384 g/mol. The number of aromatic nitrogens is 2. The maximum absolute atomic E-state index is 4.22. The summed E-state index contributed by atoms with van der Waals surface area (Å²) >= 11 is 0. The van der Waals surface area contributed by atoms with Crippen molar-refractivity contribution in [3.8, 4) is 0 Å². The van der Waals surface area contributed by atoms with Gasteiger partial charge in [0.05, 0.1) is 0 Å². The third kappa shape index (κ3) is 19.9. The lowest BCUT2D eigenvalue weighted by Crippen LogP contribution is -2.04. The van der Waals surface area contributed by atoms with Crippen LogP contribution in [0.3, 0.4) is 0 Å². The predicted octanol–water partition coefficient (Wildman–Crippen LogP) is 7.50. The Labute approximate surface area is 170 Å². The molecule has 0 atom stereocenters. The number of nitrogens with zero attached hydrogens (tertiary/aromatic N) is 2. The second-order valence-corrected chi connectivity index (χ2v) is 13.0. The van der Waals surface area contributed by atoms with Crippen molar-refractivity contribution in [3.63, 3.8) is 0 Å². The van der Waals surface area contributed by atoms with Crippen molar-refractivity contribution in [1.29, 1.82) is 0 Å². The molecule has 0 aliphatic heterocycles. The Morgan fingerprint density at radius 1 is 0.720 bits per heavy atom. The Morgan fingerprint density at radius 2 is 1.28 bits per heavy atom. The molecule has 2 rings (SSSR count). The summed E-state index contributed by atoms with van der Waals surface area (Å²) in [7, 11) is 7.30. The highest BCUT2D eigenvalue weighted by Gasteiger charge is 2.11. The topological polar surface area (TPSA) is 25.8 Å². The van der Waals surface area contributed by atoms with Gasteiger partial charge < -0.3 is 0 Å². The molecule has 0 saturated heterocycles. The van der Waals surface area contributed by atoms with Crippen molar-refractivity contribution >= 4 is 43.2 Å². The van der Waals surface area contributed by atoms with Crippen LogP contribution in [0.2, 0.25) is 0 Å². The van der Waals surface area contributed by atoms with Gasteiger partial charge in [-0.2, -0.15) is 0 Å². The quantitative estimate of drug-likeness (QED) is 0.482. The van der Waals surface area contributed by atoms with Crippen molar-refractivity contribution in [2.75, 3.05) is 6.26 Å². The van der Waals surface area contributed by atoms with Crippen LogP contribution in [0.5, 0.6) is 0 Å². The number of pyridine rings is 2. The van der Waals surface area contributed by atoms with Crippen LogP contribution < -0.4 is 0 Å². The fraction of sp³-hybridized carbons (Fsp3) is 0.474. The molecule has 2 nitrogen and oxygen atoms in total. The van der Waals surface area contributed by atoms with Gasteiger partial charge >= 0.3 is 0 Å². The van der Waals surface area contributed by atoms with Gasteiger partial charge in [0.2, 0.25) is 0 Å². The largest absolute Gasteiger partial charge is 0.265 e. The van der Waals surface area contributed by atoms with Crippen LogP contribution >= 0.6 is 43.2 Å². The van der Waals surface area contributed by atoms with Gasteiger partial charge in [-0.25, -0.2) is 4.98 Å². The summed E-state index contributed by atoms with van der Waals surface area (Å²) in [4.78, 5) is 8.01. The molecule has 0 spiro atoms. The Morgan fingerprint density at radius 3 is 1.56 bits per heavy atom. The second kappa shape index (κ2) is 13.8. The molecule has 0 radical (unpaired) electrons. The second-order valence-electron chi connectivity index (χ2n) is 6.83. The standard InChI is InChI=1S/C9H13NS2.C5H5N.C5H12S2/c1-9(2,3)12-11-8-6-4-5-7-10-8;1-2-4-6-5-3-1;1-5(2,3)7-6-4/h4-7H,1-3H3;1-5H;1-4H3. The van der Waals surface area contributed by atoms with E-state index in [-0.39, 0.29) is 0 Å². The molecule has 0 bridgehead atoms. The van der Waals surface area contributed by atoms with Gasteiger partial charge in [0.15, 0.2) is 0 Å². The highest BCUT2D eigenvalue weighted by molar-refractivity contribution is 8.77. The van der Waals surface area contributed by atoms with E-state index in [9.17, 15) is 0 Å². The molecule has 0 aliphatic rings. The third-order valence-corrected chi connectivity index (χ3v) is 7.84. The summed E-state index contributed by atoms with van der Waals surface area (Å²) in [5.41, 5.74) is 0. The molecule has 25 heavy (non-hydrogen) atoms. The molecule has 2 aromatic heterocycles. The monoisotopic (exact) mass is 414 g/mol. The Hall–Kier alpha value is -0.300. The van der Waals surface area contributed by atoms with E-state index in [1.165, 1.54) is 0 Å². The van der Waals surface area contributed by atoms with Crippen LogP contribution in [-0.2, 0) is 0 Å². The van der Waals surface area contributed by atoms with Crippen LogP contribution in [-0.4, -0.2) is 25.7 Å². The molecule has 2 heterocycles. The van der Waals surface area contributed by atoms with Crippen LogP contribution in [0.4, 0.5) is 0 Å². The lowest BCUT2D eigenvalue weighted by Gasteiger charge is -2.15. The first-order chi connectivity index (χ1) is 11.6. The number of rotatable bonds is 3. The highest BCUT2D eigenvalue weighted by Crippen LogP contribution is 2.39. The Balaban J connectivity index is 0.000000377. The minimum Gasteiger partial charge on any atom is -0.265 e. The summed E-state index contributed by atoms with van der Waals surface area (Å²) in [5, 5.41) is 1.08. The summed E-state index contributed by atoms with van der Waals surface area (Å²) in [5.74, 6) is 0. The smallest absolute Gasteiger partial charge is 0.106 e. The van der Waals surface area contributed by atoms with Gasteiger partial charge in [-0.05, 0) is 41.3 Å². The van der Waals surface area contributed by atoms with E-state index < -0.39 is 0 Å². The molecule has 6 heteroatoms. The fourth-order valence-electron chi connectivity index (χ4n) is 1.13. The summed E-state index contributed by atoms with van der Waals surface area (Å²) in [6, 6.07) is 11.7. The SMILES string of the molecule is CC(C)(C)SSc1ccccn1.CSSC(C)(C)C.c1ccncc1. The van der Waals surface area contributed by atoms with Crippen LogP contribution in [0.25, 0.3) is 0 Å². The van der Waals surface area contributed by atoms with Crippen LogP contribution in [0, 0.1) is 0 Å². The van der Waals surface area contributed by atoms with Crippen molar-refractivity contribution in [3.05, 3.63) is 55.0 Å². The molecule has 140 valence electrons. The zero-order valence-electron chi connectivity index (χ0n) is 16.2. The Kier molecular flexibility index (Phi) is 13.7. The summed E-state index contributed by atoms with van der Waals surface area (Å²) in [6.45, 7) is 13.3. The van der Waals surface area contributed by atoms with E-state index in [0.29, 0.717) is 9.49 Å². The lowest BCUT2D eigenvalue weighted by atomic mass is 10.3. The molecule has 0 aliphatic carbocycles. The van der Waals surface area contributed by atoms with E-state index in [0.717, 1.165) is 5.03 Å². The summed E-state index contributed by atoms with van der Waals surface area (Å²) in [6.07, 6.45) is 7.43. The van der Waals surface area contributed by atoms with Gasteiger partial charge in [0.1, 0.15) is 5.03 Å². The lowest BCUT2D eigenvalue weighted by molar-refractivity contribution is 0.810. The maximum atomic E-state index is 4.22. The van der Waals surface area contributed by atoms with Gasteiger partial charge in [0.25, 0.3) is 0 Å². The van der Waals surface area contributed by atoms with Gasteiger partial charge in [-0.3, -0.25) is 4.98 Å². The maximum Gasteiger partial charge on any atom is 0.106 e. The third-order valence-electron chi connectivity index (χ3n) is 1.91. The molecule has 0 aromatic carbocycles. The molecule has 0 fully saturated rings. The first kappa shape index (κ1) is 24.7. The van der Waals surface area contributed by atoms with Gasteiger partial charge in [0, 0.05) is 28.1 Å². The van der Waals surface area contributed by atoms with Gasteiger partial charge in [-0.15, -0.1) is 0 Å². The number of hydrogen-bond donors (Lipinski definition) is 0. The van der Waals surface area contributed by atoms with Crippen molar-refractivity contribution in [2.24, 2.45) is 0 Å². The zero-order chi connectivity index (χ0) is 19.2. The molecule has 0 saturated carbocycles. The Bertz CT molecular complexity index is 496. The molecule has 0 unspecified atom stereocenters. The van der Waals surface area contributed by atoms with Gasteiger partial charge in [-0.1, -0.05) is 86.1 Å². The highest BCUT2D eigenvalue weighted by atomic mass is 33.1. The molecular formula is C19H30N2S4. The van der Waals surface area contributed by atoms with Crippen molar-refractivity contribution < 1.29 is 0 Å². The van der Waals surface area contributed by atoms with Crippen LogP contribution in [0.15, 0.2) is 60.0 Å². The minimum absolute atomic E-state index is 0.294. The summed E-state index contributed by atoms with van der Waals surface area (Å²) < 4.78 is 0.724. The zero-order valence-corrected chi connectivity index (χ0v) is 19.5. The van der Waals surface area contributed by atoms with E-state index in [2.05, 4.69) is 57.8 Å². The predicted molar refractivity (Wildman–Crippen MR) is 123 cm³/mol. The van der Waals surface area contributed by atoms with E-state index in [1.54, 1.807) is 23.2 Å². The normalized spacial score (nSPS) is 10.8. The average molecular weight is 415 g/mol. The van der Waals surface area contributed by atoms with Crippen molar-refractivity contribution in [2.45, 2.75) is 56.1 Å². The molecule has 2 aromatic rings. The van der Waals surface area contributed by atoms with Crippen LogP contribution in [0.1, 0.15) is 41.5 Å². The van der Waals surface area contributed by atoms with Crippen molar-refractivity contribution in [1.82, 2.24) is 9.97 Å². The minimum atomic E-state index is 0.294. The first-order valence-electron chi connectivity index (χ1n) is 7.97. The fourth-order valence-corrected chi connectivity index (χ4v) is 5.00. The number of hydrogen-bond acceptors (Lipinski definition) is 6. The molecule has 0 N–H and O–H groups in total. The average Bonchev–Trinajstić information content (AvgIpc) is 2.55. The van der Waals surface area contributed by atoms with E-state index in [4.69, 9.17) is 0 Å².